The number of rotatable bonds is 6. The zero-order valence-corrected chi connectivity index (χ0v) is 13.9. The van der Waals surface area contributed by atoms with Crippen molar-refractivity contribution < 1.29 is 22.8 Å². The van der Waals surface area contributed by atoms with E-state index in [0.717, 1.165) is 12.1 Å². The molecule has 0 aliphatic rings. The first-order chi connectivity index (χ1) is 11.2. The molecule has 0 saturated carbocycles. The van der Waals surface area contributed by atoms with Crippen LogP contribution >= 0.6 is 0 Å². The third kappa shape index (κ3) is 5.72. The third-order valence-electron chi connectivity index (χ3n) is 3.52. The maximum atomic E-state index is 12.5. The quantitative estimate of drug-likeness (QED) is 0.746. The van der Waals surface area contributed by atoms with Crippen LogP contribution < -0.4 is 0 Å². The Hall–Kier alpha value is -2.31. The van der Waals surface area contributed by atoms with Gasteiger partial charge in [0.1, 0.15) is 0 Å². The van der Waals surface area contributed by atoms with Gasteiger partial charge in [-0.25, -0.2) is 0 Å². The minimum Gasteiger partial charge on any atom is -0.342 e. The molecular formula is C17H21F3N2O2. The molecule has 1 aromatic carbocycles. The van der Waals surface area contributed by atoms with Crippen LogP contribution in [-0.4, -0.2) is 48.3 Å². The molecule has 4 nitrogen and oxygen atoms in total. The standard InChI is InChI=1S/C17H21F3N2O2/c1-4-22(5-2)16(24)12-21(3)15(23)11-8-13-6-9-14(10-7-13)17(18,19)20/h6-11H,4-5,12H2,1-3H3/b11-8+. The minimum absolute atomic E-state index is 0.0438. The summed E-state index contributed by atoms with van der Waals surface area (Å²) in [6, 6.07) is 4.48. The van der Waals surface area contributed by atoms with Gasteiger partial charge in [-0.3, -0.25) is 9.59 Å². The minimum atomic E-state index is -4.39. The largest absolute Gasteiger partial charge is 0.416 e. The molecular weight excluding hydrogens is 321 g/mol. The maximum absolute atomic E-state index is 12.5. The second kappa shape index (κ2) is 8.52. The molecule has 0 aliphatic carbocycles. The van der Waals surface area contributed by atoms with E-state index >= 15 is 0 Å². The topological polar surface area (TPSA) is 40.6 Å². The van der Waals surface area contributed by atoms with E-state index in [1.807, 2.05) is 13.8 Å². The van der Waals surface area contributed by atoms with Gasteiger partial charge in [-0.1, -0.05) is 12.1 Å². The van der Waals surface area contributed by atoms with Crippen LogP contribution in [0.4, 0.5) is 13.2 Å². The van der Waals surface area contributed by atoms with Crippen LogP contribution in [0.2, 0.25) is 0 Å². The van der Waals surface area contributed by atoms with Gasteiger partial charge in [0, 0.05) is 26.2 Å². The van der Waals surface area contributed by atoms with Gasteiger partial charge in [-0.15, -0.1) is 0 Å². The highest BCUT2D eigenvalue weighted by Gasteiger charge is 2.29. The highest BCUT2D eigenvalue weighted by Crippen LogP contribution is 2.29. The Bertz CT molecular complexity index is 591. The Morgan fingerprint density at radius 1 is 1.08 bits per heavy atom. The number of benzene rings is 1. The van der Waals surface area contributed by atoms with Crippen molar-refractivity contribution in [2.24, 2.45) is 0 Å². The van der Waals surface area contributed by atoms with E-state index in [2.05, 4.69) is 0 Å². The second-order valence-corrected chi connectivity index (χ2v) is 5.21. The summed E-state index contributed by atoms with van der Waals surface area (Å²) >= 11 is 0. The number of alkyl halides is 3. The molecule has 0 spiro atoms. The molecule has 0 bridgehead atoms. The Kier molecular flexibility index (Phi) is 7.00. The number of likely N-dealkylation sites (N-methyl/N-ethyl adjacent to an activating group) is 2. The lowest BCUT2D eigenvalue weighted by Crippen LogP contribution is -2.40. The summed E-state index contributed by atoms with van der Waals surface area (Å²) < 4.78 is 37.4. The molecule has 1 aromatic rings. The number of amides is 2. The molecule has 0 radical (unpaired) electrons. The summed E-state index contributed by atoms with van der Waals surface area (Å²) in [5.41, 5.74) is -0.271. The van der Waals surface area contributed by atoms with Gasteiger partial charge in [0.15, 0.2) is 0 Å². The first-order valence-electron chi connectivity index (χ1n) is 7.57. The van der Waals surface area contributed by atoms with Crippen LogP contribution in [0.25, 0.3) is 6.08 Å². The van der Waals surface area contributed by atoms with E-state index in [0.29, 0.717) is 18.7 Å². The molecule has 0 N–H and O–H groups in total. The van der Waals surface area contributed by atoms with Crippen molar-refractivity contribution in [3.8, 4) is 0 Å². The summed E-state index contributed by atoms with van der Waals surface area (Å²) in [6.45, 7) is 4.80. The Balaban J connectivity index is 2.66. The van der Waals surface area contributed by atoms with E-state index in [-0.39, 0.29) is 12.5 Å². The van der Waals surface area contributed by atoms with Gasteiger partial charge in [-0.05, 0) is 37.6 Å². The Labute approximate surface area is 139 Å². The number of carbonyl (C=O) groups excluding carboxylic acids is 2. The molecule has 0 heterocycles. The molecule has 0 aromatic heterocycles. The van der Waals surface area contributed by atoms with Crippen LogP contribution in [0.5, 0.6) is 0 Å². The number of carbonyl (C=O) groups is 2. The summed E-state index contributed by atoms with van der Waals surface area (Å²) in [4.78, 5) is 26.8. The van der Waals surface area contributed by atoms with Gasteiger partial charge < -0.3 is 9.80 Å². The van der Waals surface area contributed by atoms with Crippen LogP contribution in [0.3, 0.4) is 0 Å². The van der Waals surface area contributed by atoms with Crippen molar-refractivity contribution in [3.63, 3.8) is 0 Å². The molecule has 0 fully saturated rings. The summed E-state index contributed by atoms with van der Waals surface area (Å²) in [6.07, 6.45) is -1.73. The average molecular weight is 342 g/mol. The van der Waals surface area contributed by atoms with Crippen LogP contribution in [0.1, 0.15) is 25.0 Å². The molecule has 7 heteroatoms. The van der Waals surface area contributed by atoms with E-state index in [4.69, 9.17) is 0 Å². The van der Waals surface area contributed by atoms with Crippen LogP contribution in [0.15, 0.2) is 30.3 Å². The summed E-state index contributed by atoms with van der Waals surface area (Å²) in [5.74, 6) is -0.547. The van der Waals surface area contributed by atoms with E-state index < -0.39 is 17.6 Å². The van der Waals surface area contributed by atoms with Crippen molar-refractivity contribution in [3.05, 3.63) is 41.5 Å². The predicted octanol–water partition coefficient (Wildman–Crippen LogP) is 3.05. The van der Waals surface area contributed by atoms with Crippen molar-refractivity contribution in [2.45, 2.75) is 20.0 Å². The SMILES string of the molecule is CCN(CC)C(=O)CN(C)C(=O)/C=C/c1ccc(C(F)(F)F)cc1. The lowest BCUT2D eigenvalue weighted by molar-refractivity contribution is -0.137. The van der Waals surface area contributed by atoms with Crippen molar-refractivity contribution >= 4 is 17.9 Å². The van der Waals surface area contributed by atoms with Crippen molar-refractivity contribution in [2.75, 3.05) is 26.7 Å². The second-order valence-electron chi connectivity index (χ2n) is 5.21. The zero-order chi connectivity index (χ0) is 18.3. The van der Waals surface area contributed by atoms with Crippen molar-refractivity contribution in [1.82, 2.24) is 9.80 Å². The Morgan fingerprint density at radius 2 is 1.62 bits per heavy atom. The smallest absolute Gasteiger partial charge is 0.342 e. The fourth-order valence-corrected chi connectivity index (χ4v) is 2.04. The zero-order valence-electron chi connectivity index (χ0n) is 13.9. The lowest BCUT2D eigenvalue weighted by atomic mass is 10.1. The van der Waals surface area contributed by atoms with E-state index in [1.165, 1.54) is 36.2 Å². The normalized spacial score (nSPS) is 11.6. The first kappa shape index (κ1) is 19.7. The van der Waals surface area contributed by atoms with Gasteiger partial charge in [-0.2, -0.15) is 13.2 Å². The highest BCUT2D eigenvalue weighted by molar-refractivity contribution is 5.94. The number of nitrogens with zero attached hydrogens (tertiary/aromatic N) is 2. The molecule has 0 atom stereocenters. The van der Waals surface area contributed by atoms with Gasteiger partial charge in [0.25, 0.3) is 0 Å². The lowest BCUT2D eigenvalue weighted by Gasteiger charge is -2.22. The molecule has 132 valence electrons. The number of halogens is 3. The first-order valence-corrected chi connectivity index (χ1v) is 7.57. The van der Waals surface area contributed by atoms with Gasteiger partial charge in [0.05, 0.1) is 12.1 Å². The van der Waals surface area contributed by atoms with E-state index in [1.54, 1.807) is 4.90 Å². The molecule has 0 saturated heterocycles. The van der Waals surface area contributed by atoms with Crippen LogP contribution in [0, 0.1) is 0 Å². The monoisotopic (exact) mass is 342 g/mol. The molecule has 2 amide bonds. The maximum Gasteiger partial charge on any atom is 0.416 e. The molecule has 0 aliphatic heterocycles. The average Bonchev–Trinajstić information content (AvgIpc) is 2.53. The molecule has 1 rings (SSSR count). The van der Waals surface area contributed by atoms with Gasteiger partial charge >= 0.3 is 6.18 Å². The van der Waals surface area contributed by atoms with E-state index in [9.17, 15) is 22.8 Å². The predicted molar refractivity (Wildman–Crippen MR) is 86.0 cm³/mol. The molecule has 24 heavy (non-hydrogen) atoms. The Morgan fingerprint density at radius 3 is 2.08 bits per heavy atom. The fourth-order valence-electron chi connectivity index (χ4n) is 2.04. The summed E-state index contributed by atoms with van der Waals surface area (Å²) in [7, 11) is 1.50. The summed E-state index contributed by atoms with van der Waals surface area (Å²) in [5, 5.41) is 0. The fraction of sp³-hybridized carbons (Fsp3) is 0.412. The third-order valence-corrected chi connectivity index (χ3v) is 3.52. The number of hydrogen-bond acceptors (Lipinski definition) is 2. The van der Waals surface area contributed by atoms with Crippen molar-refractivity contribution in [1.29, 1.82) is 0 Å². The molecule has 0 unspecified atom stereocenters. The van der Waals surface area contributed by atoms with Crippen LogP contribution in [-0.2, 0) is 15.8 Å². The number of hydrogen-bond donors (Lipinski definition) is 0. The highest BCUT2D eigenvalue weighted by atomic mass is 19.4. The van der Waals surface area contributed by atoms with Gasteiger partial charge in [0.2, 0.25) is 11.8 Å².